The summed E-state index contributed by atoms with van der Waals surface area (Å²) in [6.45, 7) is 0.617. The molecule has 1 unspecified atom stereocenters. The highest BCUT2D eigenvalue weighted by Crippen LogP contribution is 2.28. The Kier molecular flexibility index (Phi) is 8.44. The second-order valence-corrected chi connectivity index (χ2v) is 10.2. The Balaban J connectivity index is 1.31. The van der Waals surface area contributed by atoms with Crippen LogP contribution in [0.4, 0.5) is 5.69 Å². The van der Waals surface area contributed by atoms with Gasteiger partial charge in [-0.25, -0.2) is 4.79 Å². The van der Waals surface area contributed by atoms with Crippen LogP contribution in [0.25, 0.3) is 22.5 Å². The topological polar surface area (TPSA) is 204 Å². The van der Waals surface area contributed by atoms with Gasteiger partial charge in [-0.2, -0.15) is 5.21 Å². The summed E-state index contributed by atoms with van der Waals surface area (Å²) in [4.78, 5) is 54.9. The molecule has 7 N–H and O–H groups in total. The lowest BCUT2D eigenvalue weighted by atomic mass is 9.81. The SMILES string of the molecule is NCC1CCC(C(=O)NC(Cc2ccc(-c3c[nH]c(=O)[nH]c3=O)cc2)C(=O)Nc2ccc(-c3nn[nH]n3)cc2)CC1. The van der Waals surface area contributed by atoms with E-state index in [4.69, 9.17) is 5.73 Å². The summed E-state index contributed by atoms with van der Waals surface area (Å²) in [6, 6.07) is 13.2. The van der Waals surface area contributed by atoms with Crippen LogP contribution >= 0.6 is 0 Å². The maximum absolute atomic E-state index is 13.5. The number of hydrogen-bond acceptors (Lipinski definition) is 8. The van der Waals surface area contributed by atoms with Crippen LogP contribution in [-0.2, 0) is 16.0 Å². The van der Waals surface area contributed by atoms with Crippen LogP contribution in [0.1, 0.15) is 31.2 Å². The molecule has 1 fully saturated rings. The molecule has 13 nitrogen and oxygen atoms in total. The predicted octanol–water partition coefficient (Wildman–Crippen LogP) is 1.34. The van der Waals surface area contributed by atoms with E-state index in [0.717, 1.165) is 36.8 Å². The number of amides is 2. The van der Waals surface area contributed by atoms with E-state index in [1.165, 1.54) is 6.20 Å². The first-order chi connectivity index (χ1) is 19.9. The Bertz CT molecular complexity index is 1590. The first-order valence-corrected chi connectivity index (χ1v) is 13.5. The van der Waals surface area contributed by atoms with Crippen molar-refractivity contribution in [3.8, 4) is 22.5 Å². The molecule has 1 saturated carbocycles. The highest BCUT2D eigenvalue weighted by Gasteiger charge is 2.29. The molecule has 13 heteroatoms. The summed E-state index contributed by atoms with van der Waals surface area (Å²) in [6.07, 6.45) is 4.85. The second-order valence-electron chi connectivity index (χ2n) is 10.2. The van der Waals surface area contributed by atoms with E-state index in [1.54, 1.807) is 48.5 Å². The van der Waals surface area contributed by atoms with Crippen LogP contribution in [0.5, 0.6) is 0 Å². The average Bonchev–Trinajstić information content (AvgIpc) is 3.53. The molecule has 4 aromatic rings. The van der Waals surface area contributed by atoms with Gasteiger partial charge in [-0.15, -0.1) is 10.2 Å². The van der Waals surface area contributed by atoms with Gasteiger partial charge in [0.25, 0.3) is 5.56 Å². The van der Waals surface area contributed by atoms with Crippen molar-refractivity contribution < 1.29 is 9.59 Å². The van der Waals surface area contributed by atoms with Crippen molar-refractivity contribution in [1.29, 1.82) is 0 Å². The largest absolute Gasteiger partial charge is 0.344 e. The van der Waals surface area contributed by atoms with Gasteiger partial charge >= 0.3 is 5.69 Å². The number of aromatic amines is 3. The first kappa shape index (κ1) is 27.6. The average molecular weight is 558 g/mol. The summed E-state index contributed by atoms with van der Waals surface area (Å²) in [5, 5.41) is 19.7. The minimum atomic E-state index is -0.839. The van der Waals surface area contributed by atoms with Crippen LogP contribution in [0.15, 0.2) is 64.3 Å². The highest BCUT2D eigenvalue weighted by atomic mass is 16.2. The summed E-state index contributed by atoms with van der Waals surface area (Å²) in [7, 11) is 0. The Morgan fingerprint density at radius 1 is 0.976 bits per heavy atom. The van der Waals surface area contributed by atoms with Crippen LogP contribution in [-0.4, -0.2) is 55.0 Å². The highest BCUT2D eigenvalue weighted by molar-refractivity contribution is 5.97. The van der Waals surface area contributed by atoms with Gasteiger partial charge in [0, 0.05) is 29.8 Å². The lowest BCUT2D eigenvalue weighted by Gasteiger charge is -2.28. The molecule has 2 heterocycles. The third-order valence-electron chi connectivity index (χ3n) is 7.46. The minimum Gasteiger partial charge on any atom is -0.344 e. The van der Waals surface area contributed by atoms with Crippen LogP contribution in [0.2, 0.25) is 0 Å². The number of anilines is 1. The van der Waals surface area contributed by atoms with E-state index in [9.17, 15) is 19.2 Å². The Hall–Kier alpha value is -4.91. The molecule has 41 heavy (non-hydrogen) atoms. The molecule has 2 aromatic heterocycles. The number of nitrogens with one attached hydrogen (secondary N) is 5. The van der Waals surface area contributed by atoms with E-state index in [-0.39, 0.29) is 24.2 Å². The first-order valence-electron chi connectivity index (χ1n) is 13.5. The third-order valence-corrected chi connectivity index (χ3v) is 7.46. The van der Waals surface area contributed by atoms with E-state index >= 15 is 0 Å². The van der Waals surface area contributed by atoms with Gasteiger partial charge < -0.3 is 21.4 Å². The molecule has 2 aromatic carbocycles. The molecule has 0 radical (unpaired) electrons. The number of tetrazole rings is 1. The molecule has 1 atom stereocenters. The van der Waals surface area contributed by atoms with Crippen LogP contribution < -0.4 is 27.6 Å². The van der Waals surface area contributed by atoms with Crippen LogP contribution in [0.3, 0.4) is 0 Å². The van der Waals surface area contributed by atoms with Crippen molar-refractivity contribution in [2.45, 2.75) is 38.1 Å². The fraction of sp³-hybridized carbons (Fsp3) is 0.321. The fourth-order valence-electron chi connectivity index (χ4n) is 5.06. The van der Waals surface area contributed by atoms with E-state index in [2.05, 4.69) is 41.2 Å². The second kappa shape index (κ2) is 12.5. The Morgan fingerprint density at radius 2 is 1.68 bits per heavy atom. The molecule has 2 amide bonds. The number of benzene rings is 2. The summed E-state index contributed by atoms with van der Waals surface area (Å²) >= 11 is 0. The molecule has 0 aliphatic heterocycles. The van der Waals surface area contributed by atoms with E-state index < -0.39 is 17.3 Å². The Morgan fingerprint density at radius 3 is 2.32 bits per heavy atom. The van der Waals surface area contributed by atoms with Gasteiger partial charge in [0.2, 0.25) is 17.6 Å². The summed E-state index contributed by atoms with van der Waals surface area (Å²) in [5.74, 6) is 0.190. The van der Waals surface area contributed by atoms with Gasteiger partial charge in [0.05, 0.1) is 5.56 Å². The number of H-pyrrole nitrogens is 3. The maximum Gasteiger partial charge on any atom is 0.325 e. The van der Waals surface area contributed by atoms with Gasteiger partial charge in [0.15, 0.2) is 0 Å². The molecule has 0 saturated heterocycles. The van der Waals surface area contributed by atoms with Crippen molar-refractivity contribution in [3.05, 3.63) is 81.1 Å². The molecule has 1 aliphatic rings. The van der Waals surface area contributed by atoms with Crippen molar-refractivity contribution in [2.24, 2.45) is 17.6 Å². The van der Waals surface area contributed by atoms with Crippen LogP contribution in [0, 0.1) is 11.8 Å². The van der Waals surface area contributed by atoms with Gasteiger partial charge in [-0.3, -0.25) is 19.4 Å². The maximum atomic E-state index is 13.5. The normalized spacial score (nSPS) is 17.5. The van der Waals surface area contributed by atoms with Crippen molar-refractivity contribution >= 4 is 17.5 Å². The molecule has 0 spiro atoms. The van der Waals surface area contributed by atoms with E-state index in [0.29, 0.717) is 35.1 Å². The fourth-order valence-corrected chi connectivity index (χ4v) is 5.06. The molecule has 212 valence electrons. The molecular weight excluding hydrogens is 526 g/mol. The smallest absolute Gasteiger partial charge is 0.325 e. The zero-order valence-corrected chi connectivity index (χ0v) is 22.2. The number of nitrogens with zero attached hydrogens (tertiary/aromatic N) is 3. The Labute approximate surface area is 234 Å². The van der Waals surface area contributed by atoms with Crippen molar-refractivity contribution in [3.63, 3.8) is 0 Å². The van der Waals surface area contributed by atoms with Crippen molar-refractivity contribution in [1.82, 2.24) is 35.9 Å². The third kappa shape index (κ3) is 6.81. The monoisotopic (exact) mass is 557 g/mol. The predicted molar refractivity (Wildman–Crippen MR) is 151 cm³/mol. The number of carbonyl (C=O) groups is 2. The lowest BCUT2D eigenvalue weighted by Crippen LogP contribution is -2.48. The number of aromatic nitrogens is 6. The zero-order chi connectivity index (χ0) is 28.8. The standard InChI is InChI=1S/C28H31N9O4/c29-14-17-3-7-20(8-4-17)25(38)32-23(27(40)31-21-11-9-19(10-12-21)24-34-36-37-35-24)13-16-1-5-18(6-2-16)22-15-30-28(41)33-26(22)39/h1-2,5-6,9-12,15,17,20,23H,3-4,7-8,13-14,29H2,(H,31,40)(H,32,38)(H2,30,33,39,41)(H,34,35,36,37). The summed E-state index contributed by atoms with van der Waals surface area (Å²) < 4.78 is 0. The number of hydrogen-bond donors (Lipinski definition) is 6. The lowest BCUT2D eigenvalue weighted by molar-refractivity contribution is -0.130. The number of rotatable bonds is 9. The van der Waals surface area contributed by atoms with Gasteiger partial charge in [-0.1, -0.05) is 24.3 Å². The van der Waals surface area contributed by atoms with Crippen molar-refractivity contribution in [2.75, 3.05) is 11.9 Å². The molecule has 0 bridgehead atoms. The molecule has 1 aliphatic carbocycles. The zero-order valence-electron chi connectivity index (χ0n) is 22.2. The number of nitrogens with two attached hydrogens (primary N) is 1. The molecule has 5 rings (SSSR count). The summed E-state index contributed by atoms with van der Waals surface area (Å²) in [5.41, 5.74) is 7.72. The minimum absolute atomic E-state index is 0.149. The number of carbonyl (C=O) groups excluding carboxylic acids is 2. The quantitative estimate of drug-likeness (QED) is 0.177. The molecular formula is C28H31N9O4. The van der Waals surface area contributed by atoms with E-state index in [1.807, 2.05) is 0 Å². The van der Waals surface area contributed by atoms with Gasteiger partial charge in [0.1, 0.15) is 6.04 Å². The van der Waals surface area contributed by atoms with Gasteiger partial charge in [-0.05, 0) is 78.8 Å².